The van der Waals surface area contributed by atoms with Crippen molar-refractivity contribution in [3.05, 3.63) is 89.2 Å². The lowest BCUT2D eigenvalue weighted by Crippen LogP contribution is -2.15. The molecule has 0 bridgehead atoms. The summed E-state index contributed by atoms with van der Waals surface area (Å²) >= 11 is 0. The fraction of sp³-hybridized carbons (Fsp3) is 0.364. The molecule has 0 aliphatic heterocycles. The van der Waals surface area contributed by atoms with Gasteiger partial charge in [-0.2, -0.15) is 0 Å². The standard InChI is InChI=1S/C33H35FO4/c1-32(2)13-5-8-28(32)26-16-21(9-11-25(26)27-18-23(35)10-12-30(27)34)20-38-24-7-4-6-22(17-24)29(19-31(36)37)33(3)14-15-33/h4,6-12,16-18,29,35H,5,13-15,19-20H2,1-3H3,(H,36,37)/t29-/m0/s1. The second kappa shape index (κ2) is 9.94. The highest BCUT2D eigenvalue weighted by Gasteiger charge is 2.46. The van der Waals surface area contributed by atoms with Crippen LogP contribution in [0.15, 0.2) is 66.7 Å². The molecule has 198 valence electrons. The van der Waals surface area contributed by atoms with Gasteiger partial charge in [-0.15, -0.1) is 0 Å². The van der Waals surface area contributed by atoms with E-state index in [2.05, 4.69) is 32.9 Å². The fourth-order valence-electron chi connectivity index (χ4n) is 5.80. The van der Waals surface area contributed by atoms with Crippen molar-refractivity contribution >= 4 is 11.5 Å². The van der Waals surface area contributed by atoms with Crippen molar-refractivity contribution in [2.45, 2.75) is 65.4 Å². The second-order valence-corrected chi connectivity index (χ2v) is 11.8. The molecule has 5 rings (SSSR count). The Bertz CT molecular complexity index is 1400. The summed E-state index contributed by atoms with van der Waals surface area (Å²) in [5.74, 6) is -0.466. The molecular formula is C33H35FO4. The average molecular weight is 515 g/mol. The maximum atomic E-state index is 14.9. The Kier molecular flexibility index (Phi) is 6.81. The van der Waals surface area contributed by atoms with Gasteiger partial charge in [-0.3, -0.25) is 4.79 Å². The summed E-state index contributed by atoms with van der Waals surface area (Å²) in [6, 6.07) is 17.8. The van der Waals surface area contributed by atoms with Crippen LogP contribution in [0.2, 0.25) is 0 Å². The molecule has 3 aromatic rings. The number of carbonyl (C=O) groups is 1. The first-order valence-corrected chi connectivity index (χ1v) is 13.3. The van der Waals surface area contributed by atoms with Crippen LogP contribution < -0.4 is 4.74 Å². The Morgan fingerprint density at radius 1 is 0.974 bits per heavy atom. The van der Waals surface area contributed by atoms with Crippen molar-refractivity contribution < 1.29 is 24.1 Å². The molecule has 2 aliphatic carbocycles. The molecule has 38 heavy (non-hydrogen) atoms. The normalized spacial score (nSPS) is 18.1. The number of benzene rings is 3. The number of carboxylic acids is 1. The van der Waals surface area contributed by atoms with E-state index in [0.717, 1.165) is 47.9 Å². The van der Waals surface area contributed by atoms with Crippen molar-refractivity contribution in [2.75, 3.05) is 0 Å². The topological polar surface area (TPSA) is 66.8 Å². The number of aliphatic carboxylic acids is 1. The third kappa shape index (κ3) is 5.33. The van der Waals surface area contributed by atoms with Gasteiger partial charge in [-0.25, -0.2) is 4.39 Å². The van der Waals surface area contributed by atoms with Crippen molar-refractivity contribution in [1.82, 2.24) is 0 Å². The molecule has 1 saturated carbocycles. The molecule has 0 radical (unpaired) electrons. The zero-order valence-corrected chi connectivity index (χ0v) is 22.3. The summed E-state index contributed by atoms with van der Waals surface area (Å²) in [7, 11) is 0. The minimum atomic E-state index is -0.783. The van der Waals surface area contributed by atoms with Gasteiger partial charge in [0.25, 0.3) is 0 Å². The minimum absolute atomic E-state index is 0.0283. The van der Waals surface area contributed by atoms with Crippen LogP contribution in [-0.4, -0.2) is 16.2 Å². The number of hydrogen-bond donors (Lipinski definition) is 2. The summed E-state index contributed by atoms with van der Waals surface area (Å²) in [4.78, 5) is 11.5. The maximum absolute atomic E-state index is 14.9. The lowest BCUT2D eigenvalue weighted by molar-refractivity contribution is -0.137. The minimum Gasteiger partial charge on any atom is -0.508 e. The first-order valence-electron chi connectivity index (χ1n) is 13.3. The monoisotopic (exact) mass is 514 g/mol. The van der Waals surface area contributed by atoms with Crippen molar-refractivity contribution in [1.29, 1.82) is 0 Å². The molecule has 0 unspecified atom stereocenters. The third-order valence-corrected chi connectivity index (χ3v) is 8.39. The van der Waals surface area contributed by atoms with E-state index in [9.17, 15) is 19.4 Å². The number of aromatic hydroxyl groups is 1. The highest BCUT2D eigenvalue weighted by molar-refractivity contribution is 5.85. The van der Waals surface area contributed by atoms with Crippen molar-refractivity contribution in [3.63, 3.8) is 0 Å². The van der Waals surface area contributed by atoms with E-state index < -0.39 is 5.97 Å². The van der Waals surface area contributed by atoms with Crippen LogP contribution in [-0.2, 0) is 11.4 Å². The van der Waals surface area contributed by atoms with E-state index in [0.29, 0.717) is 17.9 Å². The average Bonchev–Trinajstić information content (AvgIpc) is 3.53. The lowest BCUT2D eigenvalue weighted by Gasteiger charge is -2.25. The predicted octanol–water partition coefficient (Wildman–Crippen LogP) is 8.34. The molecular weight excluding hydrogens is 479 g/mol. The van der Waals surface area contributed by atoms with Gasteiger partial charge in [0.05, 0.1) is 6.42 Å². The third-order valence-electron chi connectivity index (χ3n) is 8.39. The smallest absolute Gasteiger partial charge is 0.303 e. The van der Waals surface area contributed by atoms with E-state index in [4.69, 9.17) is 4.74 Å². The van der Waals surface area contributed by atoms with Crippen molar-refractivity contribution in [2.24, 2.45) is 10.8 Å². The summed E-state index contributed by atoms with van der Waals surface area (Å²) in [6.45, 7) is 6.90. The van der Waals surface area contributed by atoms with Gasteiger partial charge in [0.2, 0.25) is 0 Å². The summed E-state index contributed by atoms with van der Waals surface area (Å²) in [6.07, 6.45) is 6.41. The summed E-state index contributed by atoms with van der Waals surface area (Å²) < 4.78 is 21.1. The van der Waals surface area contributed by atoms with Gasteiger partial charge in [0.15, 0.2) is 0 Å². The van der Waals surface area contributed by atoms with E-state index in [1.807, 2.05) is 36.4 Å². The number of phenolic OH excluding ortho intramolecular Hbond substituents is 1. The Labute approximate surface area is 223 Å². The highest BCUT2D eigenvalue weighted by Crippen LogP contribution is 2.57. The fourth-order valence-corrected chi connectivity index (χ4v) is 5.80. The highest BCUT2D eigenvalue weighted by atomic mass is 19.1. The lowest BCUT2D eigenvalue weighted by atomic mass is 9.79. The molecule has 4 nitrogen and oxygen atoms in total. The zero-order chi connectivity index (χ0) is 27.1. The quantitative estimate of drug-likeness (QED) is 0.301. The first-order chi connectivity index (χ1) is 18.1. The SMILES string of the molecule is CC1(C)CCC=C1c1cc(COc2cccc([C@H](CC(=O)O)C3(C)CC3)c2)ccc1-c1cc(O)ccc1F. The Balaban J connectivity index is 1.44. The molecule has 2 N–H and O–H groups in total. The van der Waals surface area contributed by atoms with Crippen molar-refractivity contribution in [3.8, 4) is 22.6 Å². The number of halogens is 1. The number of rotatable bonds is 9. The number of carboxylic acid groups (broad SMARTS) is 1. The number of phenols is 1. The van der Waals surface area contributed by atoms with Crippen LogP contribution >= 0.6 is 0 Å². The number of hydrogen-bond acceptors (Lipinski definition) is 3. The van der Waals surface area contributed by atoms with Crippen LogP contribution in [0.3, 0.4) is 0 Å². The molecule has 0 heterocycles. The second-order valence-electron chi connectivity index (χ2n) is 11.8. The van der Waals surface area contributed by atoms with E-state index in [-0.39, 0.29) is 34.7 Å². The zero-order valence-electron chi connectivity index (χ0n) is 22.3. The van der Waals surface area contributed by atoms with Crippen LogP contribution in [0.4, 0.5) is 4.39 Å². The molecule has 0 aromatic heterocycles. The van der Waals surface area contributed by atoms with Gasteiger partial charge < -0.3 is 14.9 Å². The molecule has 1 fully saturated rings. The first kappa shape index (κ1) is 26.0. The molecule has 0 amide bonds. The largest absolute Gasteiger partial charge is 0.508 e. The van der Waals surface area contributed by atoms with Crippen LogP contribution in [0.1, 0.15) is 75.5 Å². The van der Waals surface area contributed by atoms with Gasteiger partial charge in [-0.05, 0) is 107 Å². The number of allylic oxidation sites excluding steroid dienone is 2. The predicted molar refractivity (Wildman–Crippen MR) is 148 cm³/mol. The molecule has 5 heteroatoms. The molecule has 0 spiro atoms. The van der Waals surface area contributed by atoms with Crippen LogP contribution in [0.25, 0.3) is 16.7 Å². The maximum Gasteiger partial charge on any atom is 0.303 e. The van der Waals surface area contributed by atoms with Gasteiger partial charge in [0, 0.05) is 5.56 Å². The van der Waals surface area contributed by atoms with Gasteiger partial charge >= 0.3 is 5.97 Å². The van der Waals surface area contributed by atoms with Crippen LogP contribution in [0.5, 0.6) is 11.5 Å². The van der Waals surface area contributed by atoms with E-state index in [1.165, 1.54) is 23.8 Å². The van der Waals surface area contributed by atoms with Crippen LogP contribution in [0, 0.1) is 16.6 Å². The molecule has 3 aromatic carbocycles. The Morgan fingerprint density at radius 2 is 1.76 bits per heavy atom. The summed E-state index contributed by atoms with van der Waals surface area (Å²) in [5, 5.41) is 19.5. The van der Waals surface area contributed by atoms with Gasteiger partial charge in [-0.1, -0.05) is 51.1 Å². The van der Waals surface area contributed by atoms with E-state index >= 15 is 0 Å². The number of ether oxygens (including phenoxy) is 1. The Morgan fingerprint density at radius 3 is 2.45 bits per heavy atom. The Hall–Kier alpha value is -3.60. The van der Waals surface area contributed by atoms with Gasteiger partial charge in [0.1, 0.15) is 23.9 Å². The summed E-state index contributed by atoms with van der Waals surface area (Å²) in [5.41, 5.74) is 5.19. The van der Waals surface area contributed by atoms with E-state index in [1.54, 1.807) is 0 Å². The molecule has 2 aliphatic rings. The molecule has 0 saturated heterocycles. The molecule has 1 atom stereocenters.